The molecule has 7 nitrogen and oxygen atoms in total. The highest BCUT2D eigenvalue weighted by Gasteiger charge is 2.21. The first-order valence-electron chi connectivity index (χ1n) is 6.50. The molecule has 0 unspecified atom stereocenters. The number of rotatable bonds is 7. The van der Waals surface area contributed by atoms with Gasteiger partial charge in [-0.3, -0.25) is 10.1 Å². The number of nitro groups is 1. The summed E-state index contributed by atoms with van der Waals surface area (Å²) in [7, 11) is -2.03. The minimum absolute atomic E-state index is 0.0665. The molecule has 1 aromatic carbocycles. The second-order valence-corrected chi connectivity index (χ2v) is 8.74. The van der Waals surface area contributed by atoms with Crippen LogP contribution in [-0.2, 0) is 10.0 Å². The standard InChI is InChI=1S/C13H14BrN3O4S2/c1-16(23(20,21)13-3-2-8-22-13)7-6-15-11-5-4-10(14)9-12(11)17(18)19/h2-5,8-9,15H,6-7H2,1H3. The fourth-order valence-electron chi connectivity index (χ4n) is 1.84. The Bertz CT molecular complexity index is 794. The smallest absolute Gasteiger partial charge is 0.293 e. The predicted molar refractivity (Wildman–Crippen MR) is 93.4 cm³/mol. The number of nitro benzene ring substituents is 1. The van der Waals surface area contributed by atoms with Gasteiger partial charge in [-0.05, 0) is 23.6 Å². The van der Waals surface area contributed by atoms with E-state index in [4.69, 9.17) is 0 Å². The van der Waals surface area contributed by atoms with Crippen LogP contribution in [0.2, 0.25) is 0 Å². The summed E-state index contributed by atoms with van der Waals surface area (Å²) < 4.78 is 26.6. The summed E-state index contributed by atoms with van der Waals surface area (Å²) in [5.74, 6) is 0. The third kappa shape index (κ3) is 4.28. The zero-order valence-electron chi connectivity index (χ0n) is 12.1. The highest BCUT2D eigenvalue weighted by molar-refractivity contribution is 9.10. The fraction of sp³-hybridized carbons (Fsp3) is 0.231. The van der Waals surface area contributed by atoms with Gasteiger partial charge in [-0.25, -0.2) is 8.42 Å². The molecule has 0 aliphatic heterocycles. The van der Waals surface area contributed by atoms with E-state index in [0.717, 1.165) is 11.3 Å². The summed E-state index contributed by atoms with van der Waals surface area (Å²) in [6.45, 7) is 0.441. The Balaban J connectivity index is 2.02. The molecule has 0 saturated carbocycles. The number of nitrogens with one attached hydrogen (secondary N) is 1. The molecule has 0 amide bonds. The number of hydrogen-bond acceptors (Lipinski definition) is 6. The number of sulfonamides is 1. The van der Waals surface area contributed by atoms with E-state index in [0.29, 0.717) is 10.2 Å². The van der Waals surface area contributed by atoms with Crippen LogP contribution in [0.4, 0.5) is 11.4 Å². The van der Waals surface area contributed by atoms with Crippen LogP contribution in [0, 0.1) is 10.1 Å². The first-order chi connectivity index (χ1) is 10.8. The van der Waals surface area contributed by atoms with E-state index in [1.807, 2.05) is 0 Å². The highest BCUT2D eigenvalue weighted by Crippen LogP contribution is 2.28. The van der Waals surface area contributed by atoms with Crippen molar-refractivity contribution in [3.8, 4) is 0 Å². The number of anilines is 1. The lowest BCUT2D eigenvalue weighted by Crippen LogP contribution is -2.31. The van der Waals surface area contributed by atoms with E-state index < -0.39 is 14.9 Å². The highest BCUT2D eigenvalue weighted by atomic mass is 79.9. The van der Waals surface area contributed by atoms with E-state index in [2.05, 4.69) is 21.2 Å². The van der Waals surface area contributed by atoms with Crippen LogP contribution in [0.5, 0.6) is 0 Å². The molecule has 0 atom stereocenters. The van der Waals surface area contributed by atoms with Crippen LogP contribution in [0.1, 0.15) is 0 Å². The van der Waals surface area contributed by atoms with Crippen LogP contribution in [0.25, 0.3) is 0 Å². The average molecular weight is 420 g/mol. The number of nitrogens with zero attached hydrogens (tertiary/aromatic N) is 2. The van der Waals surface area contributed by atoms with Gasteiger partial charge >= 0.3 is 0 Å². The molecule has 2 aromatic rings. The van der Waals surface area contributed by atoms with Gasteiger partial charge in [-0.2, -0.15) is 4.31 Å². The van der Waals surface area contributed by atoms with E-state index in [1.54, 1.807) is 29.6 Å². The van der Waals surface area contributed by atoms with Crippen LogP contribution in [-0.4, -0.2) is 37.8 Å². The lowest BCUT2D eigenvalue weighted by atomic mass is 10.2. The second-order valence-electron chi connectivity index (χ2n) is 4.60. The van der Waals surface area contributed by atoms with Crippen molar-refractivity contribution in [2.75, 3.05) is 25.5 Å². The summed E-state index contributed by atoms with van der Waals surface area (Å²) in [4.78, 5) is 10.5. The number of hydrogen-bond donors (Lipinski definition) is 1. The van der Waals surface area contributed by atoms with Crippen molar-refractivity contribution in [2.45, 2.75) is 4.21 Å². The van der Waals surface area contributed by atoms with E-state index in [9.17, 15) is 18.5 Å². The molecular weight excluding hydrogens is 406 g/mol. The fourth-order valence-corrected chi connectivity index (χ4v) is 4.56. The lowest BCUT2D eigenvalue weighted by Gasteiger charge is -2.16. The monoisotopic (exact) mass is 419 g/mol. The summed E-state index contributed by atoms with van der Waals surface area (Å²) in [5.41, 5.74) is 0.281. The number of halogens is 1. The number of benzene rings is 1. The van der Waals surface area contributed by atoms with Crippen molar-refractivity contribution in [2.24, 2.45) is 0 Å². The third-order valence-electron chi connectivity index (χ3n) is 3.06. The Hall–Kier alpha value is -1.49. The van der Waals surface area contributed by atoms with Gasteiger partial charge in [0.15, 0.2) is 0 Å². The molecule has 2 rings (SSSR count). The Labute approximate surface area is 146 Å². The molecule has 124 valence electrons. The molecule has 0 aliphatic carbocycles. The SMILES string of the molecule is CN(CCNc1ccc(Br)cc1[N+](=O)[O-])S(=O)(=O)c1cccs1. The molecule has 0 radical (unpaired) electrons. The van der Waals surface area contributed by atoms with Crippen molar-refractivity contribution in [3.63, 3.8) is 0 Å². The molecule has 1 aromatic heterocycles. The lowest BCUT2D eigenvalue weighted by molar-refractivity contribution is -0.384. The van der Waals surface area contributed by atoms with Crippen molar-refractivity contribution in [1.29, 1.82) is 0 Å². The Morgan fingerprint density at radius 3 is 2.74 bits per heavy atom. The molecule has 0 aliphatic rings. The second kappa shape index (κ2) is 7.39. The molecule has 0 saturated heterocycles. The van der Waals surface area contributed by atoms with Crippen molar-refractivity contribution in [1.82, 2.24) is 4.31 Å². The van der Waals surface area contributed by atoms with Gasteiger partial charge in [0, 0.05) is 30.7 Å². The van der Waals surface area contributed by atoms with Crippen molar-refractivity contribution >= 4 is 48.7 Å². The van der Waals surface area contributed by atoms with Crippen LogP contribution in [0.15, 0.2) is 44.4 Å². The average Bonchev–Trinajstić information content (AvgIpc) is 3.03. The van der Waals surface area contributed by atoms with Crippen LogP contribution < -0.4 is 5.32 Å². The normalized spacial score (nSPS) is 11.6. The summed E-state index contributed by atoms with van der Waals surface area (Å²) in [5, 5.41) is 15.6. The topological polar surface area (TPSA) is 92.5 Å². The Kier molecular flexibility index (Phi) is 5.74. The molecule has 0 fully saturated rings. The van der Waals surface area contributed by atoms with Gasteiger partial charge in [-0.1, -0.05) is 22.0 Å². The molecule has 0 bridgehead atoms. The van der Waals surface area contributed by atoms with Gasteiger partial charge in [0.1, 0.15) is 9.90 Å². The molecule has 10 heteroatoms. The molecule has 23 heavy (non-hydrogen) atoms. The summed E-state index contributed by atoms with van der Waals surface area (Å²) in [6, 6.07) is 7.88. The van der Waals surface area contributed by atoms with Crippen LogP contribution >= 0.6 is 27.3 Å². The zero-order chi connectivity index (χ0) is 17.0. The summed E-state index contributed by atoms with van der Waals surface area (Å²) in [6.07, 6.45) is 0. The maximum absolute atomic E-state index is 12.2. The van der Waals surface area contributed by atoms with Gasteiger partial charge in [0.2, 0.25) is 0 Å². The van der Waals surface area contributed by atoms with E-state index >= 15 is 0 Å². The van der Waals surface area contributed by atoms with E-state index in [-0.39, 0.29) is 23.0 Å². The quantitative estimate of drug-likeness (QED) is 0.549. The molecule has 1 N–H and O–H groups in total. The number of thiophene rings is 1. The van der Waals surface area contributed by atoms with Crippen molar-refractivity contribution in [3.05, 3.63) is 50.3 Å². The maximum Gasteiger partial charge on any atom is 0.293 e. The third-order valence-corrected chi connectivity index (χ3v) is 6.78. The molecular formula is C13H14BrN3O4S2. The minimum Gasteiger partial charge on any atom is -0.378 e. The van der Waals surface area contributed by atoms with Crippen LogP contribution in [0.3, 0.4) is 0 Å². The Morgan fingerprint density at radius 1 is 1.39 bits per heavy atom. The van der Waals surface area contributed by atoms with E-state index in [1.165, 1.54) is 17.4 Å². The minimum atomic E-state index is -3.51. The zero-order valence-corrected chi connectivity index (χ0v) is 15.3. The van der Waals surface area contributed by atoms with Crippen molar-refractivity contribution < 1.29 is 13.3 Å². The maximum atomic E-state index is 12.2. The van der Waals surface area contributed by atoms with Gasteiger partial charge in [-0.15, -0.1) is 11.3 Å². The van der Waals surface area contributed by atoms with Gasteiger partial charge in [0.25, 0.3) is 15.7 Å². The number of likely N-dealkylation sites (N-methyl/N-ethyl adjacent to an activating group) is 1. The molecule has 0 spiro atoms. The Morgan fingerprint density at radius 2 is 2.13 bits per heavy atom. The first-order valence-corrected chi connectivity index (χ1v) is 9.61. The largest absolute Gasteiger partial charge is 0.378 e. The van der Waals surface area contributed by atoms with Gasteiger partial charge < -0.3 is 5.32 Å². The molecule has 1 heterocycles. The predicted octanol–water partition coefficient (Wildman–Crippen LogP) is 3.15. The van der Waals surface area contributed by atoms with Gasteiger partial charge in [0.05, 0.1) is 4.92 Å². The summed E-state index contributed by atoms with van der Waals surface area (Å²) >= 11 is 4.34. The first kappa shape index (κ1) is 17.9.